The van der Waals surface area contributed by atoms with Gasteiger partial charge in [0.15, 0.2) is 0 Å². The highest BCUT2D eigenvalue weighted by molar-refractivity contribution is 9.10. The van der Waals surface area contributed by atoms with Crippen molar-refractivity contribution in [3.05, 3.63) is 146 Å². The third-order valence-electron chi connectivity index (χ3n) is 7.02. The molecule has 1 unspecified atom stereocenters. The van der Waals surface area contributed by atoms with Gasteiger partial charge in [-0.1, -0.05) is 76.6 Å². The number of H-pyrrole nitrogens is 1. The third kappa shape index (κ3) is 4.80. The molecule has 2 N–H and O–H groups in total. The zero-order valence-electron chi connectivity index (χ0n) is 21.3. The van der Waals surface area contributed by atoms with Gasteiger partial charge in [0.05, 0.1) is 29.0 Å². The molecule has 0 amide bonds. The average Bonchev–Trinajstić information content (AvgIpc) is 3.33. The maximum Gasteiger partial charge on any atom is 0.344 e. The number of carbonyl (C=O) groups is 1. The van der Waals surface area contributed by atoms with E-state index in [1.807, 2.05) is 54.6 Å². The molecule has 6 rings (SSSR count). The lowest BCUT2D eigenvalue weighted by Crippen LogP contribution is -2.17. The molecule has 0 spiro atoms. The van der Waals surface area contributed by atoms with Gasteiger partial charge in [-0.25, -0.2) is 9.59 Å². The van der Waals surface area contributed by atoms with Crippen LogP contribution in [0.3, 0.4) is 0 Å². The fourth-order valence-electron chi connectivity index (χ4n) is 5.21. The summed E-state index contributed by atoms with van der Waals surface area (Å²) in [5, 5.41) is 12.9. The minimum absolute atomic E-state index is 0.128. The van der Waals surface area contributed by atoms with Crippen LogP contribution in [-0.4, -0.2) is 22.7 Å². The Bertz CT molecular complexity index is 1910. The molecule has 6 aromatic rings. The third-order valence-corrected chi connectivity index (χ3v) is 7.51. The zero-order valence-corrected chi connectivity index (χ0v) is 22.9. The van der Waals surface area contributed by atoms with Gasteiger partial charge in [-0.2, -0.15) is 0 Å². The monoisotopic (exact) mass is 593 g/mol. The van der Waals surface area contributed by atoms with Crippen molar-refractivity contribution in [2.45, 2.75) is 12.3 Å². The van der Waals surface area contributed by atoms with Crippen LogP contribution in [0.5, 0.6) is 5.75 Å². The van der Waals surface area contributed by atoms with E-state index in [0.717, 1.165) is 26.5 Å². The van der Waals surface area contributed by atoms with Crippen molar-refractivity contribution in [1.29, 1.82) is 0 Å². The molecule has 4 aromatic carbocycles. The molecule has 2 aromatic heterocycles. The highest BCUT2D eigenvalue weighted by Crippen LogP contribution is 2.41. The van der Waals surface area contributed by atoms with Crippen LogP contribution in [0.4, 0.5) is 0 Å². The first-order chi connectivity index (χ1) is 19.5. The Hall–Kier alpha value is -4.62. The SMILES string of the molecule is O=C(OCCc1c(C(c2cccc(Br)c2)c2c(O)c3ccccc3oc2=O)[nH]c2ccccc12)c1ccccc1. The van der Waals surface area contributed by atoms with Crippen molar-refractivity contribution in [2.24, 2.45) is 0 Å². The fraction of sp³-hybridized carbons (Fsp3) is 0.0909. The van der Waals surface area contributed by atoms with Gasteiger partial charge in [0.1, 0.15) is 11.3 Å². The summed E-state index contributed by atoms with van der Waals surface area (Å²) in [6.07, 6.45) is 0.391. The minimum Gasteiger partial charge on any atom is -0.507 e. The number of hydrogen-bond donors (Lipinski definition) is 2. The van der Waals surface area contributed by atoms with E-state index in [1.54, 1.807) is 48.5 Å². The maximum atomic E-state index is 13.5. The van der Waals surface area contributed by atoms with Crippen molar-refractivity contribution in [3.8, 4) is 5.75 Å². The van der Waals surface area contributed by atoms with E-state index in [4.69, 9.17) is 9.15 Å². The van der Waals surface area contributed by atoms with Crippen LogP contribution < -0.4 is 5.63 Å². The predicted molar refractivity (Wildman–Crippen MR) is 158 cm³/mol. The first-order valence-electron chi connectivity index (χ1n) is 12.8. The van der Waals surface area contributed by atoms with Gasteiger partial charge in [0, 0.05) is 27.5 Å². The smallest absolute Gasteiger partial charge is 0.344 e. The van der Waals surface area contributed by atoms with Gasteiger partial charge in [0.2, 0.25) is 0 Å². The molecule has 2 heterocycles. The number of carbonyl (C=O) groups excluding carboxylic acids is 1. The summed E-state index contributed by atoms with van der Waals surface area (Å²) < 4.78 is 12.2. The van der Waals surface area contributed by atoms with Crippen molar-refractivity contribution >= 4 is 43.8 Å². The van der Waals surface area contributed by atoms with E-state index >= 15 is 0 Å². The topological polar surface area (TPSA) is 92.5 Å². The number of aromatic hydroxyl groups is 1. The van der Waals surface area contributed by atoms with E-state index in [2.05, 4.69) is 20.9 Å². The largest absolute Gasteiger partial charge is 0.507 e. The molecular formula is C33H24BrNO5. The Morgan fingerprint density at radius 3 is 2.42 bits per heavy atom. The Kier molecular flexibility index (Phi) is 6.97. The minimum atomic E-state index is -0.689. The van der Waals surface area contributed by atoms with Gasteiger partial charge in [-0.15, -0.1) is 0 Å². The quantitative estimate of drug-likeness (QED) is 0.149. The first-order valence-corrected chi connectivity index (χ1v) is 13.6. The Labute approximate surface area is 238 Å². The maximum absolute atomic E-state index is 13.5. The molecule has 0 bridgehead atoms. The second kappa shape index (κ2) is 10.9. The summed E-state index contributed by atoms with van der Waals surface area (Å²) in [5.41, 5.74) is 3.54. The molecule has 0 saturated carbocycles. The Morgan fingerprint density at radius 1 is 0.900 bits per heavy atom. The van der Waals surface area contributed by atoms with E-state index < -0.39 is 17.5 Å². The molecule has 0 fully saturated rings. The number of benzene rings is 4. The molecule has 1 atom stereocenters. The summed E-state index contributed by atoms with van der Waals surface area (Å²) in [4.78, 5) is 29.6. The van der Waals surface area contributed by atoms with Crippen LogP contribution in [-0.2, 0) is 11.2 Å². The first kappa shape index (κ1) is 25.6. The molecule has 0 saturated heterocycles. The zero-order chi connectivity index (χ0) is 27.6. The summed E-state index contributed by atoms with van der Waals surface area (Å²) in [7, 11) is 0. The predicted octanol–water partition coefficient (Wildman–Crippen LogP) is 7.32. The standard InChI is InChI=1S/C33H24BrNO5/c34-22-12-8-11-21(19-22)28(29-31(36)25-14-5-7-16-27(25)40-33(29)38)30-24(23-13-4-6-15-26(23)35-30)17-18-39-32(37)20-9-2-1-3-10-20/h1-16,19,28,35-36H,17-18H2. The molecule has 7 heteroatoms. The summed E-state index contributed by atoms with van der Waals surface area (Å²) in [6.45, 7) is 0.131. The highest BCUT2D eigenvalue weighted by atomic mass is 79.9. The Morgan fingerprint density at radius 2 is 1.62 bits per heavy atom. The normalized spacial score (nSPS) is 12.0. The second-order valence-corrected chi connectivity index (χ2v) is 10.4. The van der Waals surface area contributed by atoms with Crippen LogP contribution in [0.2, 0.25) is 0 Å². The van der Waals surface area contributed by atoms with E-state index in [1.165, 1.54) is 0 Å². The van der Waals surface area contributed by atoms with Crippen LogP contribution in [0, 0.1) is 0 Å². The number of fused-ring (bicyclic) bond motifs is 2. The molecule has 0 aliphatic carbocycles. The highest BCUT2D eigenvalue weighted by Gasteiger charge is 2.30. The van der Waals surface area contributed by atoms with Crippen LogP contribution in [0.25, 0.3) is 21.9 Å². The van der Waals surface area contributed by atoms with Gasteiger partial charge in [-0.05, 0) is 53.6 Å². The fourth-order valence-corrected chi connectivity index (χ4v) is 5.62. The molecule has 40 heavy (non-hydrogen) atoms. The van der Waals surface area contributed by atoms with Gasteiger partial charge < -0.3 is 19.2 Å². The number of aromatic amines is 1. The average molecular weight is 594 g/mol. The lowest BCUT2D eigenvalue weighted by atomic mass is 9.85. The summed E-state index contributed by atoms with van der Waals surface area (Å²) >= 11 is 3.55. The number of ether oxygens (including phenoxy) is 1. The summed E-state index contributed by atoms with van der Waals surface area (Å²) in [5.74, 6) is -1.22. The number of aromatic nitrogens is 1. The number of esters is 1. The molecule has 198 valence electrons. The van der Waals surface area contributed by atoms with E-state index in [9.17, 15) is 14.7 Å². The van der Waals surface area contributed by atoms with Crippen LogP contribution >= 0.6 is 15.9 Å². The van der Waals surface area contributed by atoms with Gasteiger partial charge >= 0.3 is 11.6 Å². The number of para-hydroxylation sites is 2. The van der Waals surface area contributed by atoms with E-state index in [0.29, 0.717) is 28.6 Å². The van der Waals surface area contributed by atoms with Crippen molar-refractivity contribution in [1.82, 2.24) is 4.98 Å². The van der Waals surface area contributed by atoms with E-state index in [-0.39, 0.29) is 17.9 Å². The number of hydrogen-bond acceptors (Lipinski definition) is 5. The lowest BCUT2D eigenvalue weighted by Gasteiger charge is -2.20. The summed E-state index contributed by atoms with van der Waals surface area (Å²) in [6, 6.07) is 31.2. The Balaban J connectivity index is 1.50. The number of rotatable bonds is 7. The van der Waals surface area contributed by atoms with Crippen molar-refractivity contribution in [3.63, 3.8) is 0 Å². The lowest BCUT2D eigenvalue weighted by molar-refractivity contribution is 0.0509. The molecule has 0 aliphatic heterocycles. The van der Waals surface area contributed by atoms with Crippen LogP contribution in [0.1, 0.15) is 38.7 Å². The molecule has 0 radical (unpaired) electrons. The number of halogens is 1. The van der Waals surface area contributed by atoms with Crippen LogP contribution in [0.15, 0.2) is 117 Å². The van der Waals surface area contributed by atoms with Crippen molar-refractivity contribution in [2.75, 3.05) is 6.61 Å². The van der Waals surface area contributed by atoms with Gasteiger partial charge in [-0.3, -0.25) is 0 Å². The van der Waals surface area contributed by atoms with Gasteiger partial charge in [0.25, 0.3) is 0 Å². The van der Waals surface area contributed by atoms with Crippen molar-refractivity contribution < 1.29 is 19.1 Å². The number of nitrogens with one attached hydrogen (secondary N) is 1. The second-order valence-electron chi connectivity index (χ2n) is 9.45. The molecular weight excluding hydrogens is 570 g/mol. The molecule has 0 aliphatic rings. The molecule has 6 nitrogen and oxygen atoms in total.